The molecule has 0 bridgehead atoms. The molecule has 0 unspecified atom stereocenters. The summed E-state index contributed by atoms with van der Waals surface area (Å²) in [6, 6.07) is 20.2. The van der Waals surface area contributed by atoms with Crippen molar-refractivity contribution in [3.63, 3.8) is 0 Å². The molecule has 4 aromatic rings. The van der Waals surface area contributed by atoms with Gasteiger partial charge in [-0.1, -0.05) is 48.5 Å². The Kier molecular flexibility index (Phi) is 4.99. The van der Waals surface area contributed by atoms with Gasteiger partial charge in [0.15, 0.2) is 5.69 Å². The highest BCUT2D eigenvalue weighted by molar-refractivity contribution is 5.86. The smallest absolute Gasteiger partial charge is 0.410 e. The monoisotopic (exact) mass is 450 g/mol. The van der Waals surface area contributed by atoms with Gasteiger partial charge in [0.1, 0.15) is 5.60 Å². The number of carbonyl (C=O) groups is 1. The van der Waals surface area contributed by atoms with Gasteiger partial charge in [-0.15, -0.1) is 0 Å². The Morgan fingerprint density at radius 2 is 2.03 bits per heavy atom. The number of fused-ring (bicyclic) bond motifs is 2. The van der Waals surface area contributed by atoms with Crippen LogP contribution < -0.4 is 0 Å². The Morgan fingerprint density at radius 1 is 1.15 bits per heavy atom. The molecule has 6 heteroatoms. The molecule has 1 amide bonds. The standard InChI is InChI=1S/C28H26N4O2/c1-29-23-11-12-25-26(14-23)32(19-30-25)16-20-6-5-13-28(15-20)18-31(27(33)34-28)17-22-9-4-8-21-7-2-3-10-24(21)22/h2-4,7-12,14,19-20H,5-6,13,15-18H2/t20-,28-/m0/s1. The van der Waals surface area contributed by atoms with Crippen molar-refractivity contribution < 1.29 is 9.53 Å². The average Bonchev–Trinajstić information content (AvgIpc) is 3.38. The second-order valence-electron chi connectivity index (χ2n) is 9.69. The van der Waals surface area contributed by atoms with Gasteiger partial charge in [-0.3, -0.25) is 4.90 Å². The highest BCUT2D eigenvalue weighted by Gasteiger charge is 2.47. The van der Waals surface area contributed by atoms with Crippen LogP contribution in [-0.4, -0.2) is 32.7 Å². The zero-order chi connectivity index (χ0) is 23.1. The second-order valence-corrected chi connectivity index (χ2v) is 9.69. The van der Waals surface area contributed by atoms with Crippen LogP contribution >= 0.6 is 0 Å². The Balaban J connectivity index is 1.19. The summed E-state index contributed by atoms with van der Waals surface area (Å²) in [5.74, 6) is 0.396. The molecule has 2 heterocycles. The number of aromatic nitrogens is 2. The lowest BCUT2D eigenvalue weighted by Gasteiger charge is -2.36. The summed E-state index contributed by atoms with van der Waals surface area (Å²) >= 11 is 0. The molecule has 1 aliphatic heterocycles. The molecule has 1 spiro atoms. The normalized spacial score (nSPS) is 22.4. The summed E-state index contributed by atoms with van der Waals surface area (Å²) < 4.78 is 8.23. The maximum atomic E-state index is 12.9. The van der Waals surface area contributed by atoms with E-state index in [9.17, 15) is 4.79 Å². The van der Waals surface area contributed by atoms with Gasteiger partial charge < -0.3 is 9.30 Å². The van der Waals surface area contributed by atoms with Crippen molar-refractivity contribution >= 4 is 33.6 Å². The van der Waals surface area contributed by atoms with Crippen LogP contribution in [0.3, 0.4) is 0 Å². The van der Waals surface area contributed by atoms with Gasteiger partial charge in [0.25, 0.3) is 0 Å². The van der Waals surface area contributed by atoms with E-state index >= 15 is 0 Å². The predicted octanol–water partition coefficient (Wildman–Crippen LogP) is 6.32. The van der Waals surface area contributed by atoms with Crippen molar-refractivity contribution in [1.29, 1.82) is 0 Å². The Bertz CT molecular complexity index is 1430. The summed E-state index contributed by atoms with van der Waals surface area (Å²) in [6.45, 7) is 9.33. The van der Waals surface area contributed by atoms with Crippen LogP contribution in [0.4, 0.5) is 10.5 Å². The first kappa shape index (κ1) is 20.7. The molecule has 2 atom stereocenters. The van der Waals surface area contributed by atoms with E-state index in [1.165, 1.54) is 10.8 Å². The molecule has 170 valence electrons. The van der Waals surface area contributed by atoms with E-state index in [0.29, 0.717) is 24.7 Å². The SMILES string of the molecule is [C-]#[N+]c1ccc2ncn(C[C@H]3CCC[C@]4(C3)CN(Cc3cccc5ccccc35)C(=O)O4)c2c1. The van der Waals surface area contributed by atoms with E-state index in [4.69, 9.17) is 11.3 Å². The average molecular weight is 451 g/mol. The summed E-state index contributed by atoms with van der Waals surface area (Å²) in [7, 11) is 0. The highest BCUT2D eigenvalue weighted by Crippen LogP contribution is 2.41. The number of imidazole rings is 1. The third-order valence-electron chi connectivity index (χ3n) is 7.38. The summed E-state index contributed by atoms with van der Waals surface area (Å²) in [4.78, 5) is 22.9. The number of hydrogen-bond donors (Lipinski definition) is 0. The van der Waals surface area contributed by atoms with Crippen molar-refractivity contribution in [2.75, 3.05) is 6.54 Å². The number of carbonyl (C=O) groups excluding carboxylic acids is 1. The first-order chi connectivity index (χ1) is 16.6. The van der Waals surface area contributed by atoms with Crippen LogP contribution in [0.5, 0.6) is 0 Å². The van der Waals surface area contributed by atoms with Crippen molar-refractivity contribution in [1.82, 2.24) is 14.5 Å². The largest absolute Gasteiger partial charge is 0.441 e. The molecule has 1 saturated carbocycles. The van der Waals surface area contributed by atoms with Crippen LogP contribution in [-0.2, 0) is 17.8 Å². The topological polar surface area (TPSA) is 51.7 Å². The van der Waals surface area contributed by atoms with Crippen molar-refractivity contribution in [3.05, 3.63) is 84.0 Å². The minimum absolute atomic E-state index is 0.205. The van der Waals surface area contributed by atoms with Crippen molar-refractivity contribution in [2.24, 2.45) is 5.92 Å². The number of nitrogens with zero attached hydrogens (tertiary/aromatic N) is 4. The Labute approximate surface area is 198 Å². The molecule has 6 nitrogen and oxygen atoms in total. The van der Waals surface area contributed by atoms with Crippen molar-refractivity contribution in [2.45, 2.75) is 44.4 Å². The summed E-state index contributed by atoms with van der Waals surface area (Å²) in [5, 5.41) is 2.37. The minimum Gasteiger partial charge on any atom is -0.441 e. The van der Waals surface area contributed by atoms with Gasteiger partial charge in [-0.25, -0.2) is 14.6 Å². The van der Waals surface area contributed by atoms with E-state index in [2.05, 4.69) is 44.7 Å². The van der Waals surface area contributed by atoms with E-state index in [-0.39, 0.29) is 6.09 Å². The van der Waals surface area contributed by atoms with Gasteiger partial charge in [-0.05, 0) is 60.1 Å². The molecule has 0 N–H and O–H groups in total. The fourth-order valence-corrected chi connectivity index (χ4v) is 5.82. The molecule has 2 fully saturated rings. The first-order valence-corrected chi connectivity index (χ1v) is 11.9. The van der Waals surface area contributed by atoms with E-state index in [1.54, 1.807) is 0 Å². The Morgan fingerprint density at radius 3 is 2.94 bits per heavy atom. The number of rotatable bonds is 4. The summed E-state index contributed by atoms with van der Waals surface area (Å²) in [6.07, 6.45) is 5.57. The fraction of sp³-hybridized carbons (Fsp3) is 0.321. The molecular weight excluding hydrogens is 424 g/mol. The van der Waals surface area contributed by atoms with Gasteiger partial charge in [-0.2, -0.15) is 0 Å². The number of benzene rings is 3. The van der Waals surface area contributed by atoms with Crippen LogP contribution in [0, 0.1) is 12.5 Å². The number of amides is 1. The molecule has 2 aliphatic rings. The maximum Gasteiger partial charge on any atom is 0.410 e. The quantitative estimate of drug-likeness (QED) is 0.342. The van der Waals surface area contributed by atoms with Crippen LogP contribution in [0.1, 0.15) is 31.2 Å². The number of ether oxygens (including phenoxy) is 1. The molecule has 3 aromatic carbocycles. The third-order valence-corrected chi connectivity index (χ3v) is 7.38. The molecular formula is C28H26N4O2. The lowest BCUT2D eigenvalue weighted by molar-refractivity contribution is 0.00415. The lowest BCUT2D eigenvalue weighted by atomic mass is 9.78. The van der Waals surface area contributed by atoms with E-state index in [0.717, 1.165) is 48.8 Å². The summed E-state index contributed by atoms with van der Waals surface area (Å²) in [5.41, 5.74) is 3.27. The van der Waals surface area contributed by atoms with Crippen molar-refractivity contribution in [3.8, 4) is 0 Å². The number of hydrogen-bond acceptors (Lipinski definition) is 3. The predicted molar refractivity (Wildman–Crippen MR) is 132 cm³/mol. The second kappa shape index (κ2) is 8.18. The van der Waals surface area contributed by atoms with Gasteiger partial charge in [0, 0.05) is 13.1 Å². The van der Waals surface area contributed by atoms with Gasteiger partial charge >= 0.3 is 6.09 Å². The molecule has 6 rings (SSSR count). The molecule has 1 aromatic heterocycles. The third kappa shape index (κ3) is 3.67. The molecule has 0 radical (unpaired) electrons. The van der Waals surface area contributed by atoms with Crippen LogP contribution in [0.25, 0.3) is 26.7 Å². The van der Waals surface area contributed by atoms with E-state index < -0.39 is 5.60 Å². The zero-order valence-corrected chi connectivity index (χ0v) is 19.0. The lowest BCUT2D eigenvalue weighted by Crippen LogP contribution is -2.40. The van der Waals surface area contributed by atoms with Crippen LogP contribution in [0.2, 0.25) is 0 Å². The Hall–Kier alpha value is -3.85. The van der Waals surface area contributed by atoms with Crippen LogP contribution in [0.15, 0.2) is 67.0 Å². The zero-order valence-electron chi connectivity index (χ0n) is 19.0. The fourth-order valence-electron chi connectivity index (χ4n) is 5.82. The highest BCUT2D eigenvalue weighted by atomic mass is 16.6. The molecule has 1 aliphatic carbocycles. The molecule has 34 heavy (non-hydrogen) atoms. The molecule has 1 saturated heterocycles. The van der Waals surface area contributed by atoms with Gasteiger partial charge in [0.2, 0.25) is 0 Å². The maximum absolute atomic E-state index is 12.9. The minimum atomic E-state index is -0.414. The first-order valence-electron chi connectivity index (χ1n) is 11.9. The van der Waals surface area contributed by atoms with E-state index in [1.807, 2.05) is 41.6 Å². The van der Waals surface area contributed by atoms with Gasteiger partial charge in [0.05, 0.1) is 30.5 Å².